The molecule has 0 aliphatic heterocycles. The molecule has 166 valence electrons. The van der Waals surface area contributed by atoms with E-state index in [-0.39, 0.29) is 6.10 Å². The molecule has 0 heterocycles. The van der Waals surface area contributed by atoms with E-state index in [0.717, 1.165) is 43.4 Å². The van der Waals surface area contributed by atoms with Crippen LogP contribution in [0, 0.1) is 52.3 Å². The largest absolute Gasteiger partial charge is 0.393 e. The first-order valence-electron chi connectivity index (χ1n) is 12.9. The van der Waals surface area contributed by atoms with Gasteiger partial charge < -0.3 is 5.11 Å². The number of rotatable bonds is 5. The van der Waals surface area contributed by atoms with Crippen molar-refractivity contribution in [2.75, 3.05) is 0 Å². The molecule has 2 heteroatoms. The average Bonchev–Trinajstić information content (AvgIpc) is 3.00. The zero-order valence-electron chi connectivity index (χ0n) is 19.8. The number of hydrogen-bond donors (Lipinski definition) is 1. The number of aliphatic hydroxyl groups is 1. The maximum absolute atomic E-state index is 12.1. The van der Waals surface area contributed by atoms with Gasteiger partial charge in [0.05, 0.1) is 6.10 Å². The first-order chi connectivity index (χ1) is 13.7. The Morgan fingerprint density at radius 3 is 2.45 bits per heavy atom. The summed E-state index contributed by atoms with van der Waals surface area (Å²) in [5, 5.41) is 11.3. The monoisotopic (exact) mass is 402 g/mol. The molecule has 1 unspecified atom stereocenters. The fourth-order valence-electron chi connectivity index (χ4n) is 9.04. The number of Topliss-reactive ketones (excluding diaryl/α,β-unsaturated/α-hetero) is 1. The van der Waals surface area contributed by atoms with Gasteiger partial charge in [-0.1, -0.05) is 53.9 Å². The highest BCUT2D eigenvalue weighted by molar-refractivity contribution is 5.79. The van der Waals surface area contributed by atoms with Crippen LogP contribution < -0.4 is 0 Å². The lowest BCUT2D eigenvalue weighted by molar-refractivity contribution is -0.168. The summed E-state index contributed by atoms with van der Waals surface area (Å²) in [5.41, 5.74) is 0.715. The van der Waals surface area contributed by atoms with Crippen LogP contribution in [-0.4, -0.2) is 17.0 Å². The molecule has 2 nitrogen and oxygen atoms in total. The molecule has 0 saturated heterocycles. The lowest BCUT2D eigenvalue weighted by atomic mass is 9.44. The van der Waals surface area contributed by atoms with Crippen molar-refractivity contribution < 1.29 is 9.90 Å². The van der Waals surface area contributed by atoms with Crippen molar-refractivity contribution in [2.24, 2.45) is 52.3 Å². The first kappa shape index (κ1) is 21.8. The molecule has 1 N–H and O–H groups in total. The molecule has 0 aromatic rings. The minimum atomic E-state index is -0.177. The molecule has 0 aromatic carbocycles. The summed E-state index contributed by atoms with van der Waals surface area (Å²) in [6, 6.07) is 0. The van der Waals surface area contributed by atoms with Crippen LogP contribution >= 0.6 is 0 Å². The summed E-state index contributed by atoms with van der Waals surface area (Å²) in [5.74, 6) is 5.16. The Morgan fingerprint density at radius 2 is 1.72 bits per heavy atom. The normalized spacial score (nSPS) is 48.2. The van der Waals surface area contributed by atoms with E-state index in [9.17, 15) is 9.90 Å². The second kappa shape index (κ2) is 7.95. The molecule has 4 aliphatic carbocycles. The molecule has 0 amide bonds. The zero-order valence-corrected chi connectivity index (χ0v) is 19.8. The van der Waals surface area contributed by atoms with Crippen LogP contribution in [0.15, 0.2) is 0 Å². The standard InChI is InChI=1S/C27H46O2/c1-17(2)7-6-8-18(3)21-9-10-22-25-23(12-14-27(21,22)5)26(4)13-11-20(28)15-19(26)16-24(25)29/h17-19,21-25,29H,6-16H2,1-5H3/t18-,19+,21-,22+,23+,24?,25+,26+,27-/m1/s1. The predicted molar refractivity (Wildman–Crippen MR) is 119 cm³/mol. The molecule has 9 atom stereocenters. The smallest absolute Gasteiger partial charge is 0.133 e. The van der Waals surface area contributed by atoms with Crippen LogP contribution in [0.3, 0.4) is 0 Å². The fraction of sp³-hybridized carbons (Fsp3) is 0.963. The molecule has 4 rings (SSSR count). The maximum Gasteiger partial charge on any atom is 0.133 e. The molecule has 0 spiro atoms. The Labute approximate surface area is 179 Å². The molecule has 4 aliphatic rings. The van der Waals surface area contributed by atoms with Crippen molar-refractivity contribution in [3.8, 4) is 0 Å². The Morgan fingerprint density at radius 1 is 1.00 bits per heavy atom. The summed E-state index contributed by atoms with van der Waals surface area (Å²) >= 11 is 0. The van der Waals surface area contributed by atoms with Crippen LogP contribution in [0.25, 0.3) is 0 Å². The van der Waals surface area contributed by atoms with E-state index in [1.807, 2.05) is 0 Å². The van der Waals surface area contributed by atoms with Crippen LogP contribution in [0.5, 0.6) is 0 Å². The fourth-order valence-corrected chi connectivity index (χ4v) is 9.04. The molecule has 4 fully saturated rings. The number of aliphatic hydroxyl groups excluding tert-OH is 1. The van der Waals surface area contributed by atoms with E-state index in [0.29, 0.717) is 40.3 Å². The summed E-state index contributed by atoms with van der Waals surface area (Å²) in [7, 11) is 0. The van der Waals surface area contributed by atoms with Crippen molar-refractivity contribution in [3.63, 3.8) is 0 Å². The number of fused-ring (bicyclic) bond motifs is 5. The van der Waals surface area contributed by atoms with Crippen molar-refractivity contribution in [1.29, 1.82) is 0 Å². The van der Waals surface area contributed by atoms with Crippen molar-refractivity contribution in [2.45, 2.75) is 111 Å². The van der Waals surface area contributed by atoms with Gasteiger partial charge in [-0.2, -0.15) is 0 Å². The Kier molecular flexibility index (Phi) is 5.99. The Balaban J connectivity index is 1.51. The van der Waals surface area contributed by atoms with Gasteiger partial charge in [-0.05, 0) is 90.8 Å². The van der Waals surface area contributed by atoms with Crippen LogP contribution in [-0.2, 0) is 4.79 Å². The lowest BCUT2D eigenvalue weighted by Crippen LogP contribution is -2.58. The molecule has 0 bridgehead atoms. The summed E-state index contributed by atoms with van der Waals surface area (Å²) in [4.78, 5) is 12.1. The third-order valence-electron chi connectivity index (χ3n) is 10.7. The van der Waals surface area contributed by atoms with Crippen molar-refractivity contribution in [3.05, 3.63) is 0 Å². The maximum atomic E-state index is 12.1. The van der Waals surface area contributed by atoms with E-state index in [2.05, 4.69) is 34.6 Å². The van der Waals surface area contributed by atoms with Gasteiger partial charge in [-0.15, -0.1) is 0 Å². The van der Waals surface area contributed by atoms with E-state index in [1.165, 1.54) is 44.9 Å². The summed E-state index contributed by atoms with van der Waals surface area (Å²) in [6.07, 6.45) is 12.7. The molecular formula is C27H46O2. The van der Waals surface area contributed by atoms with E-state index < -0.39 is 0 Å². The van der Waals surface area contributed by atoms with Gasteiger partial charge in [0, 0.05) is 12.8 Å². The molecule has 0 aromatic heterocycles. The number of carbonyl (C=O) groups excluding carboxylic acids is 1. The highest BCUT2D eigenvalue weighted by Gasteiger charge is 2.62. The van der Waals surface area contributed by atoms with Crippen LogP contribution in [0.2, 0.25) is 0 Å². The third-order valence-corrected chi connectivity index (χ3v) is 10.7. The zero-order chi connectivity index (χ0) is 21.0. The van der Waals surface area contributed by atoms with Gasteiger partial charge in [0.1, 0.15) is 5.78 Å². The van der Waals surface area contributed by atoms with E-state index in [1.54, 1.807) is 0 Å². The third kappa shape index (κ3) is 3.64. The van der Waals surface area contributed by atoms with Crippen LogP contribution in [0.1, 0.15) is 105 Å². The SMILES string of the molecule is CC(C)CCC[C@@H](C)[C@H]1CC[C@H]2[C@@H]3C(O)C[C@@H]4CC(=O)CC[C@]4(C)[C@H]3CC[C@]12C. The molecule has 29 heavy (non-hydrogen) atoms. The van der Waals surface area contributed by atoms with E-state index in [4.69, 9.17) is 0 Å². The number of hydrogen-bond acceptors (Lipinski definition) is 2. The van der Waals surface area contributed by atoms with Crippen molar-refractivity contribution >= 4 is 5.78 Å². The van der Waals surface area contributed by atoms with Gasteiger partial charge >= 0.3 is 0 Å². The summed E-state index contributed by atoms with van der Waals surface area (Å²) in [6.45, 7) is 12.3. The average molecular weight is 403 g/mol. The minimum absolute atomic E-state index is 0.177. The second-order valence-electron chi connectivity index (χ2n) is 12.6. The number of carbonyl (C=O) groups is 1. The summed E-state index contributed by atoms with van der Waals surface area (Å²) < 4.78 is 0. The molecule has 0 radical (unpaired) electrons. The topological polar surface area (TPSA) is 37.3 Å². The highest BCUT2D eigenvalue weighted by Crippen LogP contribution is 2.68. The van der Waals surface area contributed by atoms with Gasteiger partial charge in [-0.25, -0.2) is 0 Å². The quantitative estimate of drug-likeness (QED) is 0.559. The highest BCUT2D eigenvalue weighted by atomic mass is 16.3. The lowest BCUT2D eigenvalue weighted by Gasteiger charge is -2.62. The Hall–Kier alpha value is -0.370. The predicted octanol–water partition coefficient (Wildman–Crippen LogP) is 6.65. The van der Waals surface area contributed by atoms with Gasteiger partial charge in [0.15, 0.2) is 0 Å². The van der Waals surface area contributed by atoms with Gasteiger partial charge in [-0.3, -0.25) is 4.79 Å². The molecule has 4 saturated carbocycles. The van der Waals surface area contributed by atoms with E-state index >= 15 is 0 Å². The second-order valence-corrected chi connectivity index (χ2v) is 12.6. The Bertz CT molecular complexity index is 612. The van der Waals surface area contributed by atoms with Gasteiger partial charge in [0.2, 0.25) is 0 Å². The molecular weight excluding hydrogens is 356 g/mol. The first-order valence-corrected chi connectivity index (χ1v) is 12.9. The minimum Gasteiger partial charge on any atom is -0.393 e. The van der Waals surface area contributed by atoms with Gasteiger partial charge in [0.25, 0.3) is 0 Å². The van der Waals surface area contributed by atoms with Crippen LogP contribution in [0.4, 0.5) is 0 Å². The van der Waals surface area contributed by atoms with Crippen molar-refractivity contribution in [1.82, 2.24) is 0 Å². The number of ketones is 1.